The maximum atomic E-state index is 13.3. The number of carbonyl (C=O) groups is 2. The molecule has 2 unspecified atom stereocenters. The van der Waals surface area contributed by atoms with Crippen molar-refractivity contribution in [3.63, 3.8) is 0 Å². The Kier molecular flexibility index (Phi) is 4.97. The van der Waals surface area contributed by atoms with Gasteiger partial charge in [-0.15, -0.1) is 0 Å². The second-order valence-electron chi connectivity index (χ2n) is 8.48. The number of piperidine rings is 1. The van der Waals surface area contributed by atoms with Crippen LogP contribution in [0.15, 0.2) is 30.3 Å². The van der Waals surface area contributed by atoms with Crippen LogP contribution in [0.3, 0.4) is 0 Å². The van der Waals surface area contributed by atoms with Gasteiger partial charge in [0.15, 0.2) is 0 Å². The van der Waals surface area contributed by atoms with Gasteiger partial charge in [-0.1, -0.05) is 37.3 Å². The topological polar surface area (TPSA) is 52.7 Å². The highest BCUT2D eigenvalue weighted by Gasteiger charge is 2.53. The standard InChI is InChI=1S/C22H31N3O2/c1-3-16(2)25-21(27)19(15-17-7-5-4-6-8-17)23-22(25)11-13-24(14-12-22)20(26)18-9-10-18/h4-8,16,18-19,23H,3,9-15H2,1-2H3. The summed E-state index contributed by atoms with van der Waals surface area (Å²) in [6.07, 6.45) is 5.42. The molecule has 1 aromatic carbocycles. The number of rotatable bonds is 5. The summed E-state index contributed by atoms with van der Waals surface area (Å²) in [5.41, 5.74) is 0.887. The second kappa shape index (κ2) is 7.27. The normalized spacial score (nSPS) is 25.9. The van der Waals surface area contributed by atoms with Crippen molar-refractivity contribution in [1.29, 1.82) is 0 Å². The number of nitrogens with zero attached hydrogens (tertiary/aromatic N) is 2. The predicted molar refractivity (Wildman–Crippen MR) is 105 cm³/mol. The first-order valence-electron chi connectivity index (χ1n) is 10.5. The van der Waals surface area contributed by atoms with Crippen LogP contribution in [0.2, 0.25) is 0 Å². The van der Waals surface area contributed by atoms with Gasteiger partial charge in [0.1, 0.15) is 0 Å². The van der Waals surface area contributed by atoms with Gasteiger partial charge < -0.3 is 9.80 Å². The number of nitrogens with one attached hydrogen (secondary N) is 1. The molecule has 2 atom stereocenters. The first kappa shape index (κ1) is 18.5. The summed E-state index contributed by atoms with van der Waals surface area (Å²) >= 11 is 0. The minimum atomic E-state index is -0.299. The monoisotopic (exact) mass is 369 g/mol. The molecular weight excluding hydrogens is 338 g/mol. The summed E-state index contributed by atoms with van der Waals surface area (Å²) in [4.78, 5) is 29.9. The molecule has 1 aliphatic carbocycles. The third kappa shape index (κ3) is 3.49. The Bertz CT molecular complexity index is 693. The summed E-state index contributed by atoms with van der Waals surface area (Å²) in [5, 5.41) is 3.71. The fraction of sp³-hybridized carbons (Fsp3) is 0.636. The molecule has 1 saturated carbocycles. The van der Waals surface area contributed by atoms with Crippen molar-refractivity contribution in [3.8, 4) is 0 Å². The first-order valence-corrected chi connectivity index (χ1v) is 10.5. The molecule has 146 valence electrons. The zero-order chi connectivity index (χ0) is 19.0. The van der Waals surface area contributed by atoms with E-state index in [9.17, 15) is 9.59 Å². The van der Waals surface area contributed by atoms with Crippen LogP contribution in [0, 0.1) is 5.92 Å². The van der Waals surface area contributed by atoms with Gasteiger partial charge in [-0.2, -0.15) is 0 Å². The van der Waals surface area contributed by atoms with Crippen molar-refractivity contribution < 1.29 is 9.59 Å². The number of hydrogen-bond acceptors (Lipinski definition) is 3. The lowest BCUT2D eigenvalue weighted by Gasteiger charge is -2.47. The minimum absolute atomic E-state index is 0.174. The van der Waals surface area contributed by atoms with Crippen LogP contribution >= 0.6 is 0 Å². The van der Waals surface area contributed by atoms with E-state index in [1.54, 1.807) is 0 Å². The Morgan fingerprint density at radius 3 is 2.48 bits per heavy atom. The third-order valence-electron chi connectivity index (χ3n) is 6.58. The average molecular weight is 370 g/mol. The van der Waals surface area contributed by atoms with Crippen molar-refractivity contribution in [3.05, 3.63) is 35.9 Å². The summed E-state index contributed by atoms with van der Waals surface area (Å²) < 4.78 is 0. The van der Waals surface area contributed by atoms with E-state index in [2.05, 4.69) is 36.2 Å². The highest BCUT2D eigenvalue weighted by Crippen LogP contribution is 2.38. The number of benzene rings is 1. The lowest BCUT2D eigenvalue weighted by Crippen LogP contribution is -2.61. The van der Waals surface area contributed by atoms with E-state index in [0.717, 1.165) is 51.6 Å². The second-order valence-corrected chi connectivity index (χ2v) is 8.48. The van der Waals surface area contributed by atoms with E-state index in [-0.39, 0.29) is 29.6 Å². The molecule has 4 rings (SSSR count). The van der Waals surface area contributed by atoms with Gasteiger partial charge >= 0.3 is 0 Å². The highest BCUT2D eigenvalue weighted by atomic mass is 16.2. The predicted octanol–water partition coefficient (Wildman–Crippen LogP) is 2.56. The molecule has 0 aromatic heterocycles. The molecule has 2 amide bonds. The van der Waals surface area contributed by atoms with Gasteiger partial charge in [0.05, 0.1) is 11.7 Å². The van der Waals surface area contributed by atoms with Crippen LogP contribution in [-0.4, -0.2) is 52.5 Å². The molecule has 1 N–H and O–H groups in total. The number of amides is 2. The fourth-order valence-electron chi connectivity index (χ4n) is 4.71. The van der Waals surface area contributed by atoms with Crippen LogP contribution in [0.1, 0.15) is 51.5 Å². The molecule has 2 heterocycles. The van der Waals surface area contributed by atoms with E-state index in [1.807, 2.05) is 23.1 Å². The maximum Gasteiger partial charge on any atom is 0.241 e. The molecule has 1 aromatic rings. The number of carbonyl (C=O) groups excluding carboxylic acids is 2. The van der Waals surface area contributed by atoms with Crippen molar-refractivity contribution >= 4 is 11.8 Å². The van der Waals surface area contributed by atoms with Gasteiger partial charge in [-0.25, -0.2) is 0 Å². The Labute approximate surface area is 162 Å². The van der Waals surface area contributed by atoms with Crippen LogP contribution in [0.5, 0.6) is 0 Å². The van der Waals surface area contributed by atoms with Crippen LogP contribution in [-0.2, 0) is 16.0 Å². The van der Waals surface area contributed by atoms with E-state index in [0.29, 0.717) is 5.91 Å². The van der Waals surface area contributed by atoms with Crippen molar-refractivity contribution in [1.82, 2.24) is 15.1 Å². The van der Waals surface area contributed by atoms with Crippen LogP contribution in [0.25, 0.3) is 0 Å². The van der Waals surface area contributed by atoms with Gasteiger partial charge in [0, 0.05) is 37.9 Å². The molecule has 5 heteroatoms. The molecule has 3 fully saturated rings. The maximum absolute atomic E-state index is 13.3. The molecule has 0 radical (unpaired) electrons. The van der Waals surface area contributed by atoms with Gasteiger partial charge in [-0.3, -0.25) is 14.9 Å². The highest BCUT2D eigenvalue weighted by molar-refractivity contribution is 5.86. The lowest BCUT2D eigenvalue weighted by atomic mass is 9.94. The van der Waals surface area contributed by atoms with Gasteiger partial charge in [0.25, 0.3) is 0 Å². The van der Waals surface area contributed by atoms with Crippen molar-refractivity contribution in [2.24, 2.45) is 5.92 Å². The minimum Gasteiger partial charge on any atom is -0.342 e. The Morgan fingerprint density at radius 2 is 1.89 bits per heavy atom. The zero-order valence-corrected chi connectivity index (χ0v) is 16.5. The largest absolute Gasteiger partial charge is 0.342 e. The molecule has 2 aliphatic heterocycles. The number of likely N-dealkylation sites (tertiary alicyclic amines) is 1. The van der Waals surface area contributed by atoms with E-state index in [1.165, 1.54) is 5.56 Å². The van der Waals surface area contributed by atoms with Crippen molar-refractivity contribution in [2.45, 2.75) is 70.1 Å². The van der Waals surface area contributed by atoms with E-state index >= 15 is 0 Å². The Hall–Kier alpha value is -1.88. The van der Waals surface area contributed by atoms with Crippen molar-refractivity contribution in [2.75, 3.05) is 13.1 Å². The zero-order valence-electron chi connectivity index (χ0n) is 16.5. The molecule has 2 saturated heterocycles. The van der Waals surface area contributed by atoms with Crippen LogP contribution < -0.4 is 5.32 Å². The fourth-order valence-corrected chi connectivity index (χ4v) is 4.71. The molecule has 5 nitrogen and oxygen atoms in total. The summed E-state index contributed by atoms with van der Waals surface area (Å²) in [6, 6.07) is 10.3. The Morgan fingerprint density at radius 1 is 1.22 bits per heavy atom. The quantitative estimate of drug-likeness (QED) is 0.868. The lowest BCUT2D eigenvalue weighted by molar-refractivity contribution is -0.139. The average Bonchev–Trinajstić information content (AvgIpc) is 3.50. The van der Waals surface area contributed by atoms with Gasteiger partial charge in [-0.05, 0) is 38.2 Å². The SMILES string of the molecule is CCC(C)N1C(=O)C(Cc2ccccc2)NC12CCN(C(=O)C1CC1)CC2. The first-order chi connectivity index (χ1) is 13.0. The van der Waals surface area contributed by atoms with Gasteiger partial charge in [0.2, 0.25) is 11.8 Å². The van der Waals surface area contributed by atoms with Crippen LogP contribution in [0.4, 0.5) is 0 Å². The summed E-state index contributed by atoms with van der Waals surface area (Å²) in [5.74, 6) is 0.814. The number of hydrogen-bond donors (Lipinski definition) is 1. The Balaban J connectivity index is 1.51. The summed E-state index contributed by atoms with van der Waals surface area (Å²) in [6.45, 7) is 5.79. The van der Waals surface area contributed by atoms with E-state index in [4.69, 9.17) is 0 Å². The molecule has 3 aliphatic rings. The molecule has 1 spiro atoms. The smallest absolute Gasteiger partial charge is 0.241 e. The summed E-state index contributed by atoms with van der Waals surface area (Å²) in [7, 11) is 0. The molecular formula is C22H31N3O2. The molecule has 27 heavy (non-hydrogen) atoms. The van der Waals surface area contributed by atoms with E-state index < -0.39 is 0 Å². The molecule has 0 bridgehead atoms. The third-order valence-corrected chi connectivity index (χ3v) is 6.58.